The summed E-state index contributed by atoms with van der Waals surface area (Å²) in [4.78, 5) is 10.3. The van der Waals surface area contributed by atoms with Crippen LogP contribution >= 0.6 is 0 Å². The summed E-state index contributed by atoms with van der Waals surface area (Å²) in [5, 5.41) is 11.9. The summed E-state index contributed by atoms with van der Waals surface area (Å²) >= 11 is 0. The normalized spacial score (nSPS) is 12.6. The van der Waals surface area contributed by atoms with Crippen molar-refractivity contribution >= 4 is 5.97 Å². The van der Waals surface area contributed by atoms with Gasteiger partial charge in [0.15, 0.2) is 0 Å². The number of rotatable bonds is 11. The molecule has 0 rings (SSSR count). The molecule has 1 atom stereocenters. The Hall–Kier alpha value is -0.570. The predicted octanol–water partition coefficient (Wildman–Crippen LogP) is 3.05. The molecule has 3 heteroatoms. The third-order valence-electron chi connectivity index (χ3n) is 2.97. The standard InChI is InChI=1S/C13H27NO2/c1-3-5-8-12(4-2)11-14-10-7-6-9-13(15)16/h12,14H,3-11H2,1-2H3,(H,15,16). The Bertz CT molecular complexity index is 171. The first kappa shape index (κ1) is 15.4. The van der Waals surface area contributed by atoms with Gasteiger partial charge in [0, 0.05) is 6.42 Å². The fraction of sp³-hybridized carbons (Fsp3) is 0.923. The highest BCUT2D eigenvalue weighted by atomic mass is 16.4. The van der Waals surface area contributed by atoms with E-state index < -0.39 is 5.97 Å². The lowest BCUT2D eigenvalue weighted by molar-refractivity contribution is -0.137. The van der Waals surface area contributed by atoms with E-state index in [2.05, 4.69) is 19.2 Å². The lowest BCUT2D eigenvalue weighted by Crippen LogP contribution is -2.23. The first-order valence-corrected chi connectivity index (χ1v) is 6.63. The first-order chi connectivity index (χ1) is 7.70. The second-order valence-electron chi connectivity index (χ2n) is 4.47. The lowest BCUT2D eigenvalue weighted by atomic mass is 9.99. The smallest absolute Gasteiger partial charge is 0.303 e. The number of carboxylic acids is 1. The van der Waals surface area contributed by atoms with E-state index in [1.807, 2.05) is 0 Å². The maximum atomic E-state index is 10.3. The first-order valence-electron chi connectivity index (χ1n) is 6.63. The molecule has 0 aromatic heterocycles. The minimum Gasteiger partial charge on any atom is -0.481 e. The molecule has 3 nitrogen and oxygen atoms in total. The summed E-state index contributed by atoms with van der Waals surface area (Å²) in [6, 6.07) is 0. The summed E-state index contributed by atoms with van der Waals surface area (Å²) in [5.74, 6) is 0.105. The molecule has 0 saturated carbocycles. The van der Waals surface area contributed by atoms with Crippen LogP contribution in [0, 0.1) is 5.92 Å². The third kappa shape index (κ3) is 9.97. The summed E-state index contributed by atoms with van der Waals surface area (Å²) in [6.07, 6.45) is 7.20. The SMILES string of the molecule is CCCCC(CC)CNCCCCC(=O)O. The van der Waals surface area contributed by atoms with Crippen LogP contribution in [0.1, 0.15) is 58.8 Å². The van der Waals surface area contributed by atoms with Crippen molar-refractivity contribution in [3.63, 3.8) is 0 Å². The Morgan fingerprint density at radius 1 is 1.25 bits per heavy atom. The van der Waals surface area contributed by atoms with Gasteiger partial charge in [-0.2, -0.15) is 0 Å². The predicted molar refractivity (Wildman–Crippen MR) is 67.7 cm³/mol. The summed E-state index contributed by atoms with van der Waals surface area (Å²) in [6.45, 7) is 6.51. The molecule has 2 N–H and O–H groups in total. The molecule has 0 aliphatic heterocycles. The Kier molecular flexibility index (Phi) is 10.5. The minimum absolute atomic E-state index is 0.300. The molecule has 0 bridgehead atoms. The average Bonchev–Trinajstić information content (AvgIpc) is 2.26. The zero-order valence-corrected chi connectivity index (χ0v) is 10.8. The molecule has 0 aromatic rings. The minimum atomic E-state index is -0.686. The monoisotopic (exact) mass is 229 g/mol. The molecular weight excluding hydrogens is 202 g/mol. The molecule has 1 unspecified atom stereocenters. The summed E-state index contributed by atoms with van der Waals surface area (Å²) in [5.41, 5.74) is 0. The number of carbonyl (C=O) groups is 1. The molecule has 96 valence electrons. The fourth-order valence-corrected chi connectivity index (χ4v) is 1.78. The molecule has 0 radical (unpaired) electrons. The highest BCUT2D eigenvalue weighted by molar-refractivity contribution is 5.66. The van der Waals surface area contributed by atoms with Crippen molar-refractivity contribution in [2.75, 3.05) is 13.1 Å². The van der Waals surface area contributed by atoms with Crippen LogP contribution in [0.25, 0.3) is 0 Å². The zero-order chi connectivity index (χ0) is 12.2. The van der Waals surface area contributed by atoms with Crippen LogP contribution in [-0.4, -0.2) is 24.2 Å². The Labute approximate surface area is 99.6 Å². The van der Waals surface area contributed by atoms with Gasteiger partial charge in [-0.1, -0.05) is 33.1 Å². The zero-order valence-electron chi connectivity index (χ0n) is 10.8. The van der Waals surface area contributed by atoms with Crippen molar-refractivity contribution in [2.45, 2.75) is 58.8 Å². The molecule has 0 aliphatic rings. The van der Waals surface area contributed by atoms with Crippen LogP contribution in [0.3, 0.4) is 0 Å². The number of carboxylic acid groups (broad SMARTS) is 1. The van der Waals surface area contributed by atoms with E-state index >= 15 is 0 Å². The van der Waals surface area contributed by atoms with E-state index in [4.69, 9.17) is 5.11 Å². The largest absolute Gasteiger partial charge is 0.481 e. The van der Waals surface area contributed by atoms with Crippen LogP contribution in [0.15, 0.2) is 0 Å². The molecule has 0 fully saturated rings. The number of hydrogen-bond donors (Lipinski definition) is 2. The van der Waals surface area contributed by atoms with Gasteiger partial charge in [0.25, 0.3) is 0 Å². The Balaban J connectivity index is 3.30. The second kappa shape index (κ2) is 10.9. The highest BCUT2D eigenvalue weighted by Gasteiger charge is 2.04. The second-order valence-corrected chi connectivity index (χ2v) is 4.47. The molecular formula is C13H27NO2. The van der Waals surface area contributed by atoms with E-state index in [1.165, 1.54) is 25.7 Å². The van der Waals surface area contributed by atoms with Gasteiger partial charge in [0.1, 0.15) is 0 Å². The van der Waals surface area contributed by atoms with Gasteiger partial charge < -0.3 is 10.4 Å². The molecule has 0 amide bonds. The van der Waals surface area contributed by atoms with E-state index in [1.54, 1.807) is 0 Å². The van der Waals surface area contributed by atoms with E-state index in [9.17, 15) is 4.79 Å². The van der Waals surface area contributed by atoms with Gasteiger partial charge in [-0.05, 0) is 38.3 Å². The van der Waals surface area contributed by atoms with Crippen molar-refractivity contribution < 1.29 is 9.90 Å². The topological polar surface area (TPSA) is 49.3 Å². The van der Waals surface area contributed by atoms with E-state index in [-0.39, 0.29) is 0 Å². The van der Waals surface area contributed by atoms with Crippen molar-refractivity contribution in [1.82, 2.24) is 5.32 Å². The van der Waals surface area contributed by atoms with Crippen LogP contribution in [0.2, 0.25) is 0 Å². The lowest BCUT2D eigenvalue weighted by Gasteiger charge is -2.15. The van der Waals surface area contributed by atoms with Crippen LogP contribution in [0.4, 0.5) is 0 Å². The fourth-order valence-electron chi connectivity index (χ4n) is 1.78. The maximum Gasteiger partial charge on any atom is 0.303 e. The molecule has 0 heterocycles. The molecule has 0 aliphatic carbocycles. The highest BCUT2D eigenvalue weighted by Crippen LogP contribution is 2.11. The van der Waals surface area contributed by atoms with Crippen molar-refractivity contribution in [1.29, 1.82) is 0 Å². The van der Waals surface area contributed by atoms with E-state index in [0.717, 1.165) is 31.8 Å². The summed E-state index contributed by atoms with van der Waals surface area (Å²) in [7, 11) is 0. The number of hydrogen-bond acceptors (Lipinski definition) is 2. The maximum absolute atomic E-state index is 10.3. The Morgan fingerprint density at radius 3 is 2.56 bits per heavy atom. The van der Waals surface area contributed by atoms with E-state index in [0.29, 0.717) is 6.42 Å². The number of aliphatic carboxylic acids is 1. The van der Waals surface area contributed by atoms with Crippen molar-refractivity contribution in [2.24, 2.45) is 5.92 Å². The third-order valence-corrected chi connectivity index (χ3v) is 2.97. The van der Waals surface area contributed by atoms with Crippen molar-refractivity contribution in [3.05, 3.63) is 0 Å². The van der Waals surface area contributed by atoms with Crippen LogP contribution in [0.5, 0.6) is 0 Å². The van der Waals surface area contributed by atoms with Gasteiger partial charge in [-0.15, -0.1) is 0 Å². The van der Waals surface area contributed by atoms with Crippen molar-refractivity contribution in [3.8, 4) is 0 Å². The summed E-state index contributed by atoms with van der Waals surface area (Å²) < 4.78 is 0. The van der Waals surface area contributed by atoms with Gasteiger partial charge in [0.2, 0.25) is 0 Å². The van der Waals surface area contributed by atoms with Crippen LogP contribution in [-0.2, 0) is 4.79 Å². The molecule has 0 spiro atoms. The quantitative estimate of drug-likeness (QED) is 0.535. The van der Waals surface area contributed by atoms with Gasteiger partial charge in [-0.25, -0.2) is 0 Å². The molecule has 0 saturated heterocycles. The number of nitrogens with one attached hydrogen (secondary N) is 1. The van der Waals surface area contributed by atoms with Gasteiger partial charge in [-0.3, -0.25) is 4.79 Å². The average molecular weight is 229 g/mol. The number of unbranched alkanes of at least 4 members (excludes halogenated alkanes) is 2. The molecule has 16 heavy (non-hydrogen) atoms. The van der Waals surface area contributed by atoms with Gasteiger partial charge in [0.05, 0.1) is 0 Å². The van der Waals surface area contributed by atoms with Crippen LogP contribution < -0.4 is 5.32 Å². The molecule has 0 aromatic carbocycles. The van der Waals surface area contributed by atoms with Gasteiger partial charge >= 0.3 is 5.97 Å². The Morgan fingerprint density at radius 2 is 2.00 bits per heavy atom.